The average Bonchev–Trinajstić information content (AvgIpc) is 2.70. The molecular formula is C21H24Cl2N2O2. The molecule has 1 heterocycles. The molecule has 1 saturated heterocycles. The van der Waals surface area contributed by atoms with Gasteiger partial charge in [-0.15, -0.1) is 0 Å². The van der Waals surface area contributed by atoms with Gasteiger partial charge in [0.15, 0.2) is 0 Å². The number of benzene rings is 2. The van der Waals surface area contributed by atoms with Gasteiger partial charge >= 0.3 is 0 Å². The normalized spacial score (nSPS) is 15.5. The fourth-order valence-electron chi connectivity index (χ4n) is 3.34. The van der Waals surface area contributed by atoms with E-state index in [1.54, 1.807) is 7.11 Å². The van der Waals surface area contributed by atoms with Gasteiger partial charge in [0.05, 0.1) is 7.11 Å². The van der Waals surface area contributed by atoms with E-state index in [0.717, 1.165) is 49.4 Å². The summed E-state index contributed by atoms with van der Waals surface area (Å²) in [6.45, 7) is 2.99. The van der Waals surface area contributed by atoms with Crippen LogP contribution in [0.2, 0.25) is 10.0 Å². The van der Waals surface area contributed by atoms with E-state index in [0.29, 0.717) is 16.6 Å². The average molecular weight is 407 g/mol. The molecule has 0 aliphatic carbocycles. The van der Waals surface area contributed by atoms with Crippen LogP contribution in [0.4, 0.5) is 0 Å². The summed E-state index contributed by atoms with van der Waals surface area (Å²) in [6.07, 6.45) is 1.69. The Labute approximate surface area is 170 Å². The minimum absolute atomic E-state index is 0.0567. The number of ether oxygens (including phenoxy) is 1. The van der Waals surface area contributed by atoms with Crippen LogP contribution in [-0.4, -0.2) is 31.0 Å². The van der Waals surface area contributed by atoms with Gasteiger partial charge in [-0.3, -0.25) is 9.69 Å². The number of nitrogens with one attached hydrogen (secondary N) is 1. The zero-order valence-corrected chi connectivity index (χ0v) is 16.9. The van der Waals surface area contributed by atoms with Gasteiger partial charge in [0.2, 0.25) is 5.91 Å². The molecule has 2 aromatic carbocycles. The summed E-state index contributed by atoms with van der Waals surface area (Å²) in [4.78, 5) is 14.8. The van der Waals surface area contributed by atoms with Crippen LogP contribution >= 0.6 is 23.2 Å². The molecule has 0 atom stereocenters. The van der Waals surface area contributed by atoms with Gasteiger partial charge in [-0.25, -0.2) is 0 Å². The molecule has 2 aromatic rings. The van der Waals surface area contributed by atoms with Gasteiger partial charge in [-0.05, 0) is 55.8 Å². The summed E-state index contributed by atoms with van der Waals surface area (Å²) in [5, 5.41) is 4.44. The number of hydrogen-bond donors (Lipinski definition) is 1. The Hall–Kier alpha value is -1.75. The summed E-state index contributed by atoms with van der Waals surface area (Å²) in [5.74, 6) is 0.999. The van der Waals surface area contributed by atoms with E-state index in [2.05, 4.69) is 10.2 Å². The van der Waals surface area contributed by atoms with Crippen molar-refractivity contribution in [2.75, 3.05) is 20.2 Å². The van der Waals surface area contributed by atoms with Crippen LogP contribution in [0.15, 0.2) is 42.5 Å². The number of piperidine rings is 1. The van der Waals surface area contributed by atoms with E-state index >= 15 is 0 Å². The molecule has 3 rings (SSSR count). The standard InChI is InChI=1S/C21H24Cl2N2O2/c1-27-17-7-5-15(6-8-17)13-24-21(26)16-9-11-25(12-10-16)14-18-19(22)3-2-4-20(18)23/h2-8,16H,9-14H2,1H3,(H,24,26). The second-order valence-corrected chi connectivity index (χ2v) is 7.63. The van der Waals surface area contributed by atoms with Gasteiger partial charge < -0.3 is 10.1 Å². The number of rotatable bonds is 6. The van der Waals surface area contributed by atoms with Crippen molar-refractivity contribution in [2.45, 2.75) is 25.9 Å². The number of carbonyl (C=O) groups excluding carboxylic acids is 1. The number of amides is 1. The van der Waals surface area contributed by atoms with Crippen molar-refractivity contribution in [3.63, 3.8) is 0 Å². The maximum atomic E-state index is 12.5. The Morgan fingerprint density at radius 2 is 1.74 bits per heavy atom. The maximum absolute atomic E-state index is 12.5. The van der Waals surface area contributed by atoms with Crippen molar-refractivity contribution in [2.24, 2.45) is 5.92 Å². The van der Waals surface area contributed by atoms with Crippen molar-refractivity contribution in [3.8, 4) is 5.75 Å². The van der Waals surface area contributed by atoms with Crippen molar-refractivity contribution in [1.82, 2.24) is 10.2 Å². The molecule has 0 bridgehead atoms. The van der Waals surface area contributed by atoms with Crippen LogP contribution in [-0.2, 0) is 17.9 Å². The molecule has 1 N–H and O–H groups in total. The summed E-state index contributed by atoms with van der Waals surface area (Å²) in [6, 6.07) is 13.3. The predicted octanol–water partition coefficient (Wildman–Crippen LogP) is 4.53. The number of halogens is 2. The minimum atomic E-state index is 0.0567. The Balaban J connectivity index is 1.46. The van der Waals surface area contributed by atoms with E-state index in [1.807, 2.05) is 42.5 Å². The zero-order chi connectivity index (χ0) is 19.2. The second-order valence-electron chi connectivity index (χ2n) is 6.82. The molecule has 144 valence electrons. The second kappa shape index (κ2) is 9.45. The van der Waals surface area contributed by atoms with Gasteiger partial charge in [-0.1, -0.05) is 41.4 Å². The molecule has 0 spiro atoms. The summed E-state index contributed by atoms with van der Waals surface area (Å²) in [7, 11) is 1.64. The van der Waals surface area contributed by atoms with E-state index in [9.17, 15) is 4.79 Å². The van der Waals surface area contributed by atoms with Crippen LogP contribution in [0.25, 0.3) is 0 Å². The van der Waals surface area contributed by atoms with Gasteiger partial charge in [0.25, 0.3) is 0 Å². The first-order chi connectivity index (χ1) is 13.1. The number of methoxy groups -OCH3 is 1. The lowest BCUT2D eigenvalue weighted by Gasteiger charge is -2.31. The third-order valence-corrected chi connectivity index (χ3v) is 5.74. The molecule has 6 heteroatoms. The molecule has 0 saturated carbocycles. The summed E-state index contributed by atoms with van der Waals surface area (Å²) in [5.41, 5.74) is 2.03. The number of carbonyl (C=O) groups is 1. The minimum Gasteiger partial charge on any atom is -0.497 e. The lowest BCUT2D eigenvalue weighted by atomic mass is 9.95. The fraction of sp³-hybridized carbons (Fsp3) is 0.381. The van der Waals surface area contributed by atoms with Crippen LogP contribution in [0.3, 0.4) is 0 Å². The van der Waals surface area contributed by atoms with Crippen LogP contribution in [0, 0.1) is 5.92 Å². The highest BCUT2D eigenvalue weighted by Gasteiger charge is 2.25. The first kappa shape index (κ1) is 20.0. The molecule has 27 heavy (non-hydrogen) atoms. The molecule has 1 aliphatic heterocycles. The monoisotopic (exact) mass is 406 g/mol. The lowest BCUT2D eigenvalue weighted by Crippen LogP contribution is -2.40. The van der Waals surface area contributed by atoms with Gasteiger partial charge in [0, 0.05) is 34.6 Å². The molecule has 0 unspecified atom stereocenters. The highest BCUT2D eigenvalue weighted by molar-refractivity contribution is 6.35. The van der Waals surface area contributed by atoms with E-state index in [-0.39, 0.29) is 11.8 Å². The molecule has 1 amide bonds. The van der Waals surface area contributed by atoms with Gasteiger partial charge in [-0.2, -0.15) is 0 Å². The predicted molar refractivity (Wildman–Crippen MR) is 109 cm³/mol. The molecule has 0 radical (unpaired) electrons. The maximum Gasteiger partial charge on any atom is 0.223 e. The number of nitrogens with zero attached hydrogens (tertiary/aromatic N) is 1. The Morgan fingerprint density at radius 1 is 1.11 bits per heavy atom. The van der Waals surface area contributed by atoms with Crippen LogP contribution in [0.5, 0.6) is 5.75 Å². The zero-order valence-electron chi connectivity index (χ0n) is 15.4. The van der Waals surface area contributed by atoms with Crippen molar-refractivity contribution >= 4 is 29.1 Å². The Kier molecular flexibility index (Phi) is 7.00. The number of hydrogen-bond acceptors (Lipinski definition) is 3. The fourth-order valence-corrected chi connectivity index (χ4v) is 3.85. The van der Waals surface area contributed by atoms with Gasteiger partial charge in [0.1, 0.15) is 5.75 Å². The topological polar surface area (TPSA) is 41.6 Å². The molecule has 1 aliphatic rings. The third kappa shape index (κ3) is 5.38. The summed E-state index contributed by atoms with van der Waals surface area (Å²) < 4.78 is 5.15. The third-order valence-electron chi connectivity index (χ3n) is 5.03. The van der Waals surface area contributed by atoms with Crippen molar-refractivity contribution < 1.29 is 9.53 Å². The molecule has 1 fully saturated rings. The van der Waals surface area contributed by atoms with Crippen molar-refractivity contribution in [1.29, 1.82) is 0 Å². The SMILES string of the molecule is COc1ccc(CNC(=O)C2CCN(Cc3c(Cl)cccc3Cl)CC2)cc1. The largest absolute Gasteiger partial charge is 0.497 e. The summed E-state index contributed by atoms with van der Waals surface area (Å²) >= 11 is 12.5. The van der Waals surface area contributed by atoms with E-state index in [1.165, 1.54) is 0 Å². The van der Waals surface area contributed by atoms with Crippen LogP contribution < -0.4 is 10.1 Å². The highest BCUT2D eigenvalue weighted by atomic mass is 35.5. The molecule has 0 aromatic heterocycles. The molecular weight excluding hydrogens is 383 g/mol. The Morgan fingerprint density at radius 3 is 2.33 bits per heavy atom. The first-order valence-corrected chi connectivity index (χ1v) is 9.88. The Bertz CT molecular complexity index is 752. The highest BCUT2D eigenvalue weighted by Crippen LogP contribution is 2.27. The quantitative estimate of drug-likeness (QED) is 0.765. The van der Waals surface area contributed by atoms with Crippen LogP contribution in [0.1, 0.15) is 24.0 Å². The van der Waals surface area contributed by atoms with E-state index < -0.39 is 0 Å². The van der Waals surface area contributed by atoms with Crippen molar-refractivity contribution in [3.05, 3.63) is 63.6 Å². The van der Waals surface area contributed by atoms with E-state index in [4.69, 9.17) is 27.9 Å². The molecule has 4 nitrogen and oxygen atoms in total. The number of likely N-dealkylation sites (tertiary alicyclic amines) is 1. The smallest absolute Gasteiger partial charge is 0.223 e. The lowest BCUT2D eigenvalue weighted by molar-refractivity contribution is -0.126. The first-order valence-electron chi connectivity index (χ1n) is 9.12.